The quantitative estimate of drug-likeness (QED) is 0.404. The average molecular weight is 460 g/mol. The normalized spacial score (nSPS) is 10.8. The summed E-state index contributed by atoms with van der Waals surface area (Å²) in [4.78, 5) is 15.1. The Labute approximate surface area is 186 Å². The van der Waals surface area contributed by atoms with Crippen LogP contribution in [0.2, 0.25) is 10.0 Å². The minimum Gasteiger partial charge on any atom is -0.484 e. The molecule has 2 aromatic carbocycles. The zero-order chi connectivity index (χ0) is 21.8. The van der Waals surface area contributed by atoms with Crippen molar-refractivity contribution in [3.63, 3.8) is 0 Å². The number of carbonyl (C=O) groups is 1. The van der Waals surface area contributed by atoms with Crippen molar-refractivity contribution in [3.8, 4) is 34.5 Å². The summed E-state index contributed by atoms with van der Waals surface area (Å²) < 4.78 is 21.9. The second-order valence-corrected chi connectivity index (χ2v) is 7.18. The predicted molar refractivity (Wildman–Crippen MR) is 113 cm³/mol. The zero-order valence-electron chi connectivity index (χ0n) is 15.9. The maximum atomic E-state index is 10.8. The number of nitrogens with two attached hydrogens (primary N) is 1. The lowest BCUT2D eigenvalue weighted by atomic mass is 10.2. The number of hydrogen-bond acceptors (Lipinski definition) is 7. The Morgan fingerprint density at radius 3 is 2.58 bits per heavy atom. The minimum atomic E-state index is -0.550. The molecule has 0 unspecified atom stereocenters. The number of ether oxygens (including phenoxy) is 2. The van der Waals surface area contributed by atoms with Gasteiger partial charge in [-0.05, 0) is 54.6 Å². The van der Waals surface area contributed by atoms with Gasteiger partial charge in [-0.15, -0.1) is 0 Å². The first-order chi connectivity index (χ1) is 15.0. The molecule has 2 heterocycles. The van der Waals surface area contributed by atoms with Crippen LogP contribution in [-0.2, 0) is 11.4 Å². The maximum absolute atomic E-state index is 10.8. The Bertz CT molecular complexity index is 1200. The van der Waals surface area contributed by atoms with Crippen LogP contribution in [0, 0.1) is 0 Å². The van der Waals surface area contributed by atoms with Gasteiger partial charge in [0.2, 0.25) is 5.82 Å². The van der Waals surface area contributed by atoms with Gasteiger partial charge in [0.05, 0.1) is 5.02 Å². The number of amides is 1. The average Bonchev–Trinajstić information content (AvgIpc) is 3.42. The summed E-state index contributed by atoms with van der Waals surface area (Å²) in [5.41, 5.74) is 5.76. The van der Waals surface area contributed by atoms with E-state index in [2.05, 4.69) is 10.1 Å². The number of carbonyl (C=O) groups excluding carboxylic acids is 1. The van der Waals surface area contributed by atoms with Crippen LogP contribution in [0.4, 0.5) is 0 Å². The highest BCUT2D eigenvalue weighted by atomic mass is 35.5. The Balaban J connectivity index is 1.41. The molecule has 158 valence electrons. The molecule has 0 saturated heterocycles. The monoisotopic (exact) mass is 459 g/mol. The smallest absolute Gasteiger partial charge is 0.293 e. The number of hydrogen-bond donors (Lipinski definition) is 1. The predicted octanol–water partition coefficient (Wildman–Crippen LogP) is 4.75. The summed E-state index contributed by atoms with van der Waals surface area (Å²) in [6.45, 7) is -0.0322. The van der Waals surface area contributed by atoms with Gasteiger partial charge in [-0.2, -0.15) is 4.98 Å². The van der Waals surface area contributed by atoms with E-state index < -0.39 is 5.91 Å². The van der Waals surface area contributed by atoms with E-state index in [0.717, 1.165) is 0 Å². The fourth-order valence-electron chi connectivity index (χ4n) is 2.61. The summed E-state index contributed by atoms with van der Waals surface area (Å²) >= 11 is 12.0. The van der Waals surface area contributed by atoms with E-state index in [1.54, 1.807) is 54.6 Å². The molecule has 0 spiro atoms. The fourth-order valence-corrected chi connectivity index (χ4v) is 3.07. The van der Waals surface area contributed by atoms with Gasteiger partial charge in [0.1, 0.15) is 23.9 Å². The first kappa shape index (κ1) is 20.8. The minimum absolute atomic E-state index is 0.162. The van der Waals surface area contributed by atoms with E-state index in [-0.39, 0.29) is 19.1 Å². The van der Waals surface area contributed by atoms with Gasteiger partial charge in [-0.1, -0.05) is 28.4 Å². The van der Waals surface area contributed by atoms with Crippen LogP contribution >= 0.6 is 23.2 Å². The second kappa shape index (κ2) is 9.11. The van der Waals surface area contributed by atoms with Gasteiger partial charge in [0.25, 0.3) is 11.8 Å². The van der Waals surface area contributed by atoms with Gasteiger partial charge >= 0.3 is 0 Å². The summed E-state index contributed by atoms with van der Waals surface area (Å²) in [5.74, 6) is 2.00. The van der Waals surface area contributed by atoms with Crippen LogP contribution in [0.3, 0.4) is 0 Å². The molecule has 0 aliphatic heterocycles. The molecule has 0 aliphatic carbocycles. The van der Waals surface area contributed by atoms with Crippen molar-refractivity contribution in [1.29, 1.82) is 0 Å². The Hall–Kier alpha value is -3.49. The van der Waals surface area contributed by atoms with Gasteiger partial charge < -0.3 is 24.1 Å². The molecule has 0 saturated carbocycles. The van der Waals surface area contributed by atoms with Crippen LogP contribution in [0.25, 0.3) is 23.0 Å². The molecule has 10 heteroatoms. The number of rotatable bonds is 8. The lowest BCUT2D eigenvalue weighted by Gasteiger charge is -2.06. The molecule has 8 nitrogen and oxygen atoms in total. The first-order valence-electron chi connectivity index (χ1n) is 9.00. The number of benzene rings is 2. The molecule has 0 bridgehead atoms. The van der Waals surface area contributed by atoms with Gasteiger partial charge in [0, 0.05) is 10.6 Å². The molecule has 0 radical (unpaired) electrons. The topological polar surface area (TPSA) is 114 Å². The molecule has 2 N–H and O–H groups in total. The summed E-state index contributed by atoms with van der Waals surface area (Å²) in [6, 6.07) is 15.3. The number of nitrogens with zero attached hydrogens (tertiary/aromatic N) is 2. The van der Waals surface area contributed by atoms with Crippen LogP contribution < -0.4 is 15.2 Å². The third-order valence-corrected chi connectivity index (χ3v) is 4.59. The highest BCUT2D eigenvalue weighted by Crippen LogP contribution is 2.29. The van der Waals surface area contributed by atoms with E-state index in [4.69, 9.17) is 47.3 Å². The number of halogens is 2. The van der Waals surface area contributed by atoms with Crippen LogP contribution in [-0.4, -0.2) is 22.7 Å². The van der Waals surface area contributed by atoms with Crippen LogP contribution in [0.15, 0.2) is 63.5 Å². The summed E-state index contributed by atoms with van der Waals surface area (Å²) in [5, 5.41) is 4.90. The molecular weight excluding hydrogens is 445 g/mol. The van der Waals surface area contributed by atoms with Gasteiger partial charge in [-0.25, -0.2) is 0 Å². The summed E-state index contributed by atoms with van der Waals surface area (Å²) in [7, 11) is 0. The van der Waals surface area contributed by atoms with E-state index in [1.807, 2.05) is 0 Å². The van der Waals surface area contributed by atoms with E-state index in [9.17, 15) is 4.79 Å². The largest absolute Gasteiger partial charge is 0.484 e. The van der Waals surface area contributed by atoms with Crippen molar-refractivity contribution in [2.24, 2.45) is 5.73 Å². The molecule has 0 fully saturated rings. The lowest BCUT2D eigenvalue weighted by molar-refractivity contribution is -0.119. The van der Waals surface area contributed by atoms with Crippen molar-refractivity contribution in [3.05, 3.63) is 70.4 Å². The molecular formula is C21H15Cl2N3O5. The van der Waals surface area contributed by atoms with Crippen molar-refractivity contribution in [2.75, 3.05) is 6.61 Å². The van der Waals surface area contributed by atoms with E-state index in [1.165, 1.54) is 0 Å². The highest BCUT2D eigenvalue weighted by Gasteiger charge is 2.15. The first-order valence-corrected chi connectivity index (χ1v) is 9.76. The Morgan fingerprint density at radius 1 is 1.03 bits per heavy atom. The Morgan fingerprint density at radius 2 is 1.84 bits per heavy atom. The Kier molecular flexibility index (Phi) is 6.11. The summed E-state index contributed by atoms with van der Waals surface area (Å²) in [6.07, 6.45) is 0. The molecule has 4 aromatic rings. The second-order valence-electron chi connectivity index (χ2n) is 6.33. The van der Waals surface area contributed by atoms with Crippen molar-refractivity contribution in [2.45, 2.75) is 6.61 Å². The molecule has 0 atom stereocenters. The van der Waals surface area contributed by atoms with Crippen molar-refractivity contribution >= 4 is 29.1 Å². The zero-order valence-corrected chi connectivity index (χ0v) is 17.4. The highest BCUT2D eigenvalue weighted by molar-refractivity contribution is 6.35. The number of primary amides is 1. The molecule has 4 rings (SSSR count). The van der Waals surface area contributed by atoms with E-state index >= 15 is 0 Å². The third kappa shape index (κ3) is 5.17. The standard InChI is InChI=1S/C21H15Cl2N3O5/c22-13-3-7-17(16(23)9-13)29-10-15-6-8-18(30-15)21-25-20(26-31-21)12-1-4-14(5-2-12)28-11-19(24)27/h1-9H,10-11H2,(H2,24,27). The van der Waals surface area contributed by atoms with Crippen molar-refractivity contribution < 1.29 is 23.2 Å². The SMILES string of the molecule is NC(=O)COc1ccc(-c2noc(-c3ccc(COc4ccc(Cl)cc4Cl)o3)n2)cc1. The molecule has 2 aromatic heterocycles. The van der Waals surface area contributed by atoms with Gasteiger partial charge in [0.15, 0.2) is 12.4 Å². The number of aromatic nitrogens is 2. The maximum Gasteiger partial charge on any atom is 0.293 e. The third-order valence-electron chi connectivity index (χ3n) is 4.06. The van der Waals surface area contributed by atoms with Crippen molar-refractivity contribution in [1.82, 2.24) is 10.1 Å². The fraction of sp³-hybridized carbons (Fsp3) is 0.0952. The van der Waals surface area contributed by atoms with Gasteiger partial charge in [-0.3, -0.25) is 4.79 Å². The number of furan rings is 1. The molecule has 0 aliphatic rings. The molecule has 31 heavy (non-hydrogen) atoms. The van der Waals surface area contributed by atoms with E-state index in [0.29, 0.717) is 44.5 Å². The van der Waals surface area contributed by atoms with Crippen LogP contribution in [0.5, 0.6) is 11.5 Å². The lowest BCUT2D eigenvalue weighted by Crippen LogP contribution is -2.19. The molecule has 1 amide bonds. The van der Waals surface area contributed by atoms with Crippen LogP contribution in [0.1, 0.15) is 5.76 Å².